The Morgan fingerprint density at radius 1 is 1.15 bits per heavy atom. The SMILES string of the molecule is CNC(=O)c1cnc2c(c1)nc(-c1ccc(N3[C@@H](C)CC[C@@H]3C)nc1)n2Cc1coc(C)n1. The third-order valence-electron chi connectivity index (χ3n) is 6.28. The van der Waals surface area contributed by atoms with Crippen LogP contribution in [0.3, 0.4) is 0 Å². The van der Waals surface area contributed by atoms with Crippen LogP contribution < -0.4 is 10.2 Å². The molecule has 0 saturated carbocycles. The topological polar surface area (TPSA) is 102 Å². The van der Waals surface area contributed by atoms with Gasteiger partial charge in [0.15, 0.2) is 11.5 Å². The van der Waals surface area contributed by atoms with Crippen molar-refractivity contribution >= 4 is 22.9 Å². The molecule has 2 atom stereocenters. The van der Waals surface area contributed by atoms with Gasteiger partial charge in [-0.3, -0.25) is 4.79 Å². The van der Waals surface area contributed by atoms with Gasteiger partial charge in [0.25, 0.3) is 5.91 Å². The second-order valence-electron chi connectivity index (χ2n) is 8.61. The van der Waals surface area contributed by atoms with Gasteiger partial charge in [-0.1, -0.05) is 0 Å². The molecule has 4 aromatic rings. The van der Waals surface area contributed by atoms with Crippen LogP contribution in [0.5, 0.6) is 0 Å². The second-order valence-corrected chi connectivity index (χ2v) is 8.61. The number of amides is 1. The van der Waals surface area contributed by atoms with Crippen LogP contribution in [-0.2, 0) is 6.54 Å². The number of imidazole rings is 1. The summed E-state index contributed by atoms with van der Waals surface area (Å²) in [6.07, 6.45) is 7.42. The Balaban J connectivity index is 1.58. The maximum Gasteiger partial charge on any atom is 0.252 e. The molecule has 1 saturated heterocycles. The van der Waals surface area contributed by atoms with Crippen molar-refractivity contribution in [2.45, 2.75) is 52.2 Å². The third kappa shape index (κ3) is 3.83. The molecule has 33 heavy (non-hydrogen) atoms. The molecule has 0 unspecified atom stereocenters. The number of rotatable bonds is 5. The first-order valence-electron chi connectivity index (χ1n) is 11.2. The minimum absolute atomic E-state index is 0.201. The van der Waals surface area contributed by atoms with Crippen molar-refractivity contribution in [3.05, 3.63) is 54.0 Å². The number of nitrogens with zero attached hydrogens (tertiary/aromatic N) is 6. The zero-order valence-corrected chi connectivity index (χ0v) is 19.2. The Labute approximate surface area is 191 Å². The van der Waals surface area contributed by atoms with Gasteiger partial charge in [0, 0.05) is 44.0 Å². The lowest BCUT2D eigenvalue weighted by Gasteiger charge is -2.27. The molecule has 1 N–H and O–H groups in total. The number of fused-ring (bicyclic) bond motifs is 1. The largest absolute Gasteiger partial charge is 0.449 e. The van der Waals surface area contributed by atoms with E-state index in [4.69, 9.17) is 14.4 Å². The summed E-state index contributed by atoms with van der Waals surface area (Å²) in [5.41, 5.74) is 3.41. The van der Waals surface area contributed by atoms with Gasteiger partial charge in [-0.2, -0.15) is 0 Å². The lowest BCUT2D eigenvalue weighted by atomic mass is 10.2. The van der Waals surface area contributed by atoms with Crippen LogP contribution in [0, 0.1) is 6.92 Å². The van der Waals surface area contributed by atoms with Crippen molar-refractivity contribution in [3.63, 3.8) is 0 Å². The number of hydrogen-bond acceptors (Lipinski definition) is 7. The highest BCUT2D eigenvalue weighted by atomic mass is 16.3. The van der Waals surface area contributed by atoms with Gasteiger partial charge in [0.2, 0.25) is 0 Å². The van der Waals surface area contributed by atoms with Crippen LogP contribution >= 0.6 is 0 Å². The van der Waals surface area contributed by atoms with E-state index in [-0.39, 0.29) is 5.91 Å². The molecule has 0 aliphatic carbocycles. The Morgan fingerprint density at radius 3 is 2.58 bits per heavy atom. The van der Waals surface area contributed by atoms with E-state index < -0.39 is 0 Å². The van der Waals surface area contributed by atoms with Crippen molar-refractivity contribution in [1.82, 2.24) is 29.8 Å². The molecule has 0 bridgehead atoms. The molecule has 1 aliphatic heterocycles. The van der Waals surface area contributed by atoms with Crippen LogP contribution in [0.2, 0.25) is 0 Å². The fourth-order valence-corrected chi connectivity index (χ4v) is 4.61. The van der Waals surface area contributed by atoms with Gasteiger partial charge >= 0.3 is 0 Å². The van der Waals surface area contributed by atoms with Crippen molar-refractivity contribution < 1.29 is 9.21 Å². The summed E-state index contributed by atoms with van der Waals surface area (Å²) < 4.78 is 7.38. The van der Waals surface area contributed by atoms with Crippen molar-refractivity contribution in [1.29, 1.82) is 0 Å². The van der Waals surface area contributed by atoms with E-state index in [2.05, 4.69) is 40.1 Å². The molecule has 1 fully saturated rings. The highest BCUT2D eigenvalue weighted by Gasteiger charge is 2.28. The lowest BCUT2D eigenvalue weighted by molar-refractivity contribution is 0.0963. The van der Waals surface area contributed by atoms with E-state index >= 15 is 0 Å². The highest BCUT2D eigenvalue weighted by molar-refractivity contribution is 5.96. The third-order valence-corrected chi connectivity index (χ3v) is 6.28. The molecule has 9 heteroatoms. The normalized spacial score (nSPS) is 18.2. The number of aryl methyl sites for hydroxylation is 1. The summed E-state index contributed by atoms with van der Waals surface area (Å²) in [7, 11) is 1.60. The number of hydrogen-bond donors (Lipinski definition) is 1. The van der Waals surface area contributed by atoms with E-state index in [1.165, 1.54) is 12.8 Å². The van der Waals surface area contributed by atoms with Crippen molar-refractivity contribution in [2.24, 2.45) is 0 Å². The number of aromatic nitrogens is 5. The van der Waals surface area contributed by atoms with Gasteiger partial charge in [-0.05, 0) is 44.9 Å². The molecule has 5 rings (SSSR count). The average molecular weight is 446 g/mol. The van der Waals surface area contributed by atoms with Crippen LogP contribution in [0.1, 0.15) is 48.6 Å². The Morgan fingerprint density at radius 2 is 1.94 bits per heavy atom. The number of nitrogens with one attached hydrogen (secondary N) is 1. The molecule has 4 aromatic heterocycles. The average Bonchev–Trinajstić information content (AvgIpc) is 3.50. The summed E-state index contributed by atoms with van der Waals surface area (Å²) in [6, 6.07) is 6.81. The molecule has 0 radical (unpaired) electrons. The molecule has 1 amide bonds. The van der Waals surface area contributed by atoms with Gasteiger partial charge in [0.1, 0.15) is 23.4 Å². The first-order valence-corrected chi connectivity index (χ1v) is 11.2. The molecule has 1 aliphatic rings. The van der Waals surface area contributed by atoms with Crippen molar-refractivity contribution in [2.75, 3.05) is 11.9 Å². The summed E-state index contributed by atoms with van der Waals surface area (Å²) in [5, 5.41) is 2.63. The van der Waals surface area contributed by atoms with E-state index in [0.717, 1.165) is 17.1 Å². The van der Waals surface area contributed by atoms with Crippen LogP contribution in [0.15, 0.2) is 41.3 Å². The van der Waals surface area contributed by atoms with E-state index in [0.29, 0.717) is 47.1 Å². The predicted octanol–water partition coefficient (Wildman–Crippen LogP) is 3.57. The standard InChI is InChI=1S/C24H27N7O2/c1-14-5-6-15(2)31(14)21-8-7-17(10-26-21)22-29-20-9-18(24(32)25-4)11-27-23(20)30(22)12-19-13-33-16(3)28-19/h7-11,13-15H,5-6,12H2,1-4H3,(H,25,32)/t14-,15-/m0/s1. The minimum atomic E-state index is -0.201. The van der Waals surface area contributed by atoms with E-state index in [1.807, 2.05) is 23.8 Å². The summed E-state index contributed by atoms with van der Waals surface area (Å²) >= 11 is 0. The molecule has 0 aromatic carbocycles. The maximum atomic E-state index is 12.1. The summed E-state index contributed by atoms with van der Waals surface area (Å²) in [6.45, 7) is 6.74. The summed E-state index contributed by atoms with van der Waals surface area (Å²) in [4.78, 5) is 33.1. The number of pyridine rings is 2. The van der Waals surface area contributed by atoms with Gasteiger partial charge < -0.3 is 19.2 Å². The number of oxazole rings is 1. The van der Waals surface area contributed by atoms with Crippen LogP contribution in [0.25, 0.3) is 22.6 Å². The number of carbonyl (C=O) groups is 1. The molecule has 170 valence electrons. The molecule has 0 spiro atoms. The zero-order chi connectivity index (χ0) is 23.1. The molecule has 5 heterocycles. The van der Waals surface area contributed by atoms with E-state index in [1.54, 1.807) is 25.6 Å². The van der Waals surface area contributed by atoms with Gasteiger partial charge in [-0.25, -0.2) is 19.9 Å². The number of anilines is 1. The van der Waals surface area contributed by atoms with Crippen molar-refractivity contribution in [3.8, 4) is 11.4 Å². The monoisotopic (exact) mass is 445 g/mol. The fraction of sp³-hybridized carbons (Fsp3) is 0.375. The minimum Gasteiger partial charge on any atom is -0.449 e. The first-order chi connectivity index (χ1) is 15.9. The number of carbonyl (C=O) groups excluding carboxylic acids is 1. The Hall–Kier alpha value is -3.75. The Bertz CT molecular complexity index is 1300. The zero-order valence-electron chi connectivity index (χ0n) is 19.2. The second kappa shape index (κ2) is 8.31. The van der Waals surface area contributed by atoms with Gasteiger partial charge in [-0.15, -0.1) is 0 Å². The smallest absolute Gasteiger partial charge is 0.252 e. The van der Waals surface area contributed by atoms with Crippen LogP contribution in [-0.4, -0.2) is 49.5 Å². The van der Waals surface area contributed by atoms with Crippen LogP contribution in [0.4, 0.5) is 5.82 Å². The van der Waals surface area contributed by atoms with E-state index in [9.17, 15) is 4.79 Å². The quantitative estimate of drug-likeness (QED) is 0.501. The molecular weight excluding hydrogens is 418 g/mol. The fourth-order valence-electron chi connectivity index (χ4n) is 4.61. The summed E-state index contributed by atoms with van der Waals surface area (Å²) in [5.74, 6) is 2.10. The first kappa shape index (κ1) is 21.1. The van der Waals surface area contributed by atoms with Gasteiger partial charge in [0.05, 0.1) is 17.8 Å². The molecule has 9 nitrogen and oxygen atoms in total. The Kier molecular flexibility index (Phi) is 5.32. The molecular formula is C24H27N7O2. The predicted molar refractivity (Wildman–Crippen MR) is 125 cm³/mol. The lowest BCUT2D eigenvalue weighted by Crippen LogP contribution is -2.33. The maximum absolute atomic E-state index is 12.1. The highest BCUT2D eigenvalue weighted by Crippen LogP contribution is 2.31.